The molecule has 2 N–H and O–H groups in total. The van der Waals surface area contributed by atoms with Gasteiger partial charge in [-0.15, -0.1) is 6.58 Å². The van der Waals surface area contributed by atoms with Crippen molar-refractivity contribution in [2.45, 2.75) is 52.2 Å². The normalized spacial score (nSPS) is 12.8. The number of carbonyl (C=O) groups excluding carboxylic acids is 1. The Morgan fingerprint density at radius 3 is 2.39 bits per heavy atom. The minimum atomic E-state index is -1.01. The lowest BCUT2D eigenvalue weighted by molar-refractivity contribution is -0.124. The third kappa shape index (κ3) is 7.57. The maximum Gasteiger partial charge on any atom is 0.253 e. The number of hydrogen-bond acceptors (Lipinski definition) is 3. The van der Waals surface area contributed by atoms with Crippen LogP contribution in [0.15, 0.2) is 66.7 Å². The van der Waals surface area contributed by atoms with Crippen LogP contribution in [0, 0.1) is 5.92 Å². The molecule has 0 saturated carbocycles. The fraction of sp³-hybridized carbons (Fsp3) is 0.375. The van der Waals surface area contributed by atoms with Crippen LogP contribution in [0.4, 0.5) is 5.69 Å². The summed E-state index contributed by atoms with van der Waals surface area (Å²) in [5.74, 6) is 0.817. The Balaban J connectivity index is 1.78. The zero-order valence-electron chi connectivity index (χ0n) is 16.9. The van der Waals surface area contributed by atoms with Gasteiger partial charge in [-0.25, -0.2) is 0 Å². The first-order chi connectivity index (χ1) is 13.5. The molecule has 0 bridgehead atoms. The second-order valence-corrected chi connectivity index (χ2v) is 7.32. The maximum absolute atomic E-state index is 12.2. The van der Waals surface area contributed by atoms with Gasteiger partial charge in [0, 0.05) is 5.69 Å². The second kappa shape index (κ2) is 11.3. The van der Waals surface area contributed by atoms with Crippen molar-refractivity contribution in [3.63, 3.8) is 0 Å². The highest BCUT2D eigenvalue weighted by Gasteiger charge is 2.17. The fourth-order valence-corrected chi connectivity index (χ4v) is 3.07. The molecule has 0 aliphatic rings. The lowest BCUT2D eigenvalue weighted by atomic mass is 9.92. The number of ether oxygens (including phenoxy) is 1. The highest BCUT2D eigenvalue weighted by atomic mass is 16.5. The van der Waals surface area contributed by atoms with Crippen molar-refractivity contribution in [1.82, 2.24) is 0 Å². The number of carbonyl (C=O) groups is 1. The molecule has 2 rings (SSSR count). The summed E-state index contributed by atoms with van der Waals surface area (Å²) >= 11 is 0. The van der Waals surface area contributed by atoms with Crippen LogP contribution in [0.2, 0.25) is 0 Å². The Kier molecular flexibility index (Phi) is 8.76. The number of hydrogen-bond donors (Lipinski definition) is 2. The van der Waals surface area contributed by atoms with Gasteiger partial charge in [0.25, 0.3) is 5.91 Å². The van der Waals surface area contributed by atoms with Gasteiger partial charge in [0.15, 0.2) is 0 Å². The van der Waals surface area contributed by atoms with E-state index in [-0.39, 0.29) is 5.91 Å². The van der Waals surface area contributed by atoms with Crippen molar-refractivity contribution in [3.05, 3.63) is 72.3 Å². The number of nitrogens with one attached hydrogen (secondary N) is 1. The molecule has 0 saturated heterocycles. The Hall–Kier alpha value is -2.59. The van der Waals surface area contributed by atoms with Crippen molar-refractivity contribution in [2.24, 2.45) is 5.92 Å². The average Bonchev–Trinajstić information content (AvgIpc) is 2.70. The SMILES string of the molecule is C=C(C)CC(CC)CCC(O)C(=O)Nc1ccc(OCc2ccccc2)cc1. The second-order valence-electron chi connectivity index (χ2n) is 7.32. The van der Waals surface area contributed by atoms with Gasteiger partial charge in [-0.05, 0) is 61.9 Å². The molecule has 2 aromatic carbocycles. The molecular formula is C24H31NO3. The van der Waals surface area contributed by atoms with Crippen molar-refractivity contribution in [1.29, 1.82) is 0 Å². The molecule has 0 aliphatic heterocycles. The van der Waals surface area contributed by atoms with E-state index in [9.17, 15) is 9.90 Å². The number of anilines is 1. The van der Waals surface area contributed by atoms with Crippen molar-refractivity contribution in [3.8, 4) is 5.75 Å². The molecule has 4 nitrogen and oxygen atoms in total. The minimum Gasteiger partial charge on any atom is -0.489 e. The number of aliphatic hydroxyl groups excluding tert-OH is 1. The van der Waals surface area contributed by atoms with Crippen molar-refractivity contribution < 1.29 is 14.6 Å². The van der Waals surface area contributed by atoms with Crippen molar-refractivity contribution in [2.75, 3.05) is 5.32 Å². The number of aliphatic hydroxyl groups is 1. The van der Waals surface area contributed by atoms with E-state index in [4.69, 9.17) is 4.74 Å². The fourth-order valence-electron chi connectivity index (χ4n) is 3.07. The van der Waals surface area contributed by atoms with Gasteiger partial charge in [-0.2, -0.15) is 0 Å². The Morgan fingerprint density at radius 2 is 1.79 bits per heavy atom. The van der Waals surface area contributed by atoms with Gasteiger partial charge in [0.1, 0.15) is 18.5 Å². The van der Waals surface area contributed by atoms with E-state index >= 15 is 0 Å². The molecule has 0 aromatic heterocycles. The van der Waals surface area contributed by atoms with E-state index in [1.54, 1.807) is 12.1 Å². The summed E-state index contributed by atoms with van der Waals surface area (Å²) in [6.07, 6.45) is 2.22. The summed E-state index contributed by atoms with van der Waals surface area (Å²) < 4.78 is 5.74. The summed E-state index contributed by atoms with van der Waals surface area (Å²) in [4.78, 5) is 12.2. The van der Waals surface area contributed by atoms with E-state index in [1.807, 2.05) is 49.4 Å². The molecule has 4 heteroatoms. The monoisotopic (exact) mass is 381 g/mol. The zero-order valence-corrected chi connectivity index (χ0v) is 16.9. The van der Waals surface area contributed by atoms with Gasteiger partial charge in [-0.3, -0.25) is 4.79 Å². The van der Waals surface area contributed by atoms with Crippen LogP contribution in [0.1, 0.15) is 45.1 Å². The van der Waals surface area contributed by atoms with Crippen LogP contribution in [0.3, 0.4) is 0 Å². The Bertz CT molecular complexity index is 740. The van der Waals surface area contributed by atoms with E-state index in [1.165, 1.54) is 0 Å². The van der Waals surface area contributed by atoms with Gasteiger partial charge in [0.05, 0.1) is 0 Å². The Labute approximate surface area is 168 Å². The molecule has 0 radical (unpaired) electrons. The van der Waals surface area contributed by atoms with Crippen LogP contribution in [-0.4, -0.2) is 17.1 Å². The minimum absolute atomic E-state index is 0.372. The molecule has 150 valence electrons. The van der Waals surface area contributed by atoms with E-state index in [0.717, 1.165) is 36.1 Å². The standard InChI is InChI=1S/C24H31NO3/c1-4-19(16-18(2)3)10-15-23(26)24(27)25-21-11-13-22(14-12-21)28-17-20-8-6-5-7-9-20/h5-9,11-14,19,23,26H,2,4,10,15-17H2,1,3H3,(H,25,27). The molecule has 2 atom stereocenters. The third-order valence-corrected chi connectivity index (χ3v) is 4.74. The molecule has 28 heavy (non-hydrogen) atoms. The largest absolute Gasteiger partial charge is 0.489 e. The molecule has 0 spiro atoms. The van der Waals surface area contributed by atoms with Gasteiger partial charge in [-0.1, -0.05) is 49.2 Å². The molecule has 0 heterocycles. The van der Waals surface area contributed by atoms with Gasteiger partial charge >= 0.3 is 0 Å². The summed E-state index contributed by atoms with van der Waals surface area (Å²) in [6, 6.07) is 17.1. The first kappa shape index (κ1) is 21.7. The summed E-state index contributed by atoms with van der Waals surface area (Å²) in [5.41, 5.74) is 2.88. The average molecular weight is 382 g/mol. The number of benzene rings is 2. The van der Waals surface area contributed by atoms with Crippen LogP contribution in [0.5, 0.6) is 5.75 Å². The summed E-state index contributed by atoms with van der Waals surface area (Å²) in [5, 5.41) is 12.9. The maximum atomic E-state index is 12.2. The Morgan fingerprint density at radius 1 is 1.11 bits per heavy atom. The lowest BCUT2D eigenvalue weighted by Crippen LogP contribution is -2.28. The highest BCUT2D eigenvalue weighted by molar-refractivity contribution is 5.93. The first-order valence-corrected chi connectivity index (χ1v) is 9.88. The van der Waals surface area contributed by atoms with Crippen molar-refractivity contribution >= 4 is 11.6 Å². The predicted molar refractivity (Wildman–Crippen MR) is 114 cm³/mol. The zero-order chi connectivity index (χ0) is 20.4. The lowest BCUT2D eigenvalue weighted by Gasteiger charge is -2.17. The van der Waals surface area contributed by atoms with E-state index in [2.05, 4.69) is 18.8 Å². The molecule has 0 aliphatic carbocycles. The van der Waals surface area contributed by atoms with E-state index < -0.39 is 6.10 Å². The molecule has 0 fully saturated rings. The van der Waals surface area contributed by atoms with E-state index in [0.29, 0.717) is 24.6 Å². The topological polar surface area (TPSA) is 58.6 Å². The molecule has 1 amide bonds. The quantitative estimate of drug-likeness (QED) is 0.517. The number of rotatable bonds is 11. The summed E-state index contributed by atoms with van der Waals surface area (Å²) in [7, 11) is 0. The third-order valence-electron chi connectivity index (χ3n) is 4.74. The summed E-state index contributed by atoms with van der Waals surface area (Å²) in [6.45, 7) is 8.58. The van der Waals surface area contributed by atoms with Crippen LogP contribution < -0.4 is 10.1 Å². The van der Waals surface area contributed by atoms with Crippen LogP contribution >= 0.6 is 0 Å². The predicted octanol–water partition coefficient (Wildman–Crippen LogP) is 5.34. The van der Waals surface area contributed by atoms with Gasteiger partial charge < -0.3 is 15.2 Å². The highest BCUT2D eigenvalue weighted by Crippen LogP contribution is 2.21. The molecule has 2 aromatic rings. The van der Waals surface area contributed by atoms with Gasteiger partial charge in [0.2, 0.25) is 0 Å². The van der Waals surface area contributed by atoms with Crippen LogP contribution in [0.25, 0.3) is 0 Å². The smallest absolute Gasteiger partial charge is 0.253 e. The number of amides is 1. The molecule has 2 unspecified atom stereocenters. The first-order valence-electron chi connectivity index (χ1n) is 9.88. The molecular weight excluding hydrogens is 350 g/mol. The van der Waals surface area contributed by atoms with Crippen LogP contribution in [-0.2, 0) is 11.4 Å². The number of allylic oxidation sites excluding steroid dienone is 1.